The topological polar surface area (TPSA) is 75.3 Å². The minimum atomic E-state index is -1.05. The van der Waals surface area contributed by atoms with Gasteiger partial charge in [0.05, 0.1) is 22.3 Å². The predicted molar refractivity (Wildman–Crippen MR) is 88.4 cm³/mol. The van der Waals surface area contributed by atoms with Crippen LogP contribution in [0.25, 0.3) is 0 Å². The highest BCUT2D eigenvalue weighted by Crippen LogP contribution is 2.34. The van der Waals surface area contributed by atoms with E-state index in [-0.39, 0.29) is 11.6 Å². The number of anilines is 2. The third-order valence-corrected chi connectivity index (χ3v) is 4.41. The minimum Gasteiger partial charge on any atom is -0.478 e. The van der Waals surface area contributed by atoms with Gasteiger partial charge in [-0.25, -0.2) is 4.79 Å². The molecule has 0 saturated heterocycles. The summed E-state index contributed by atoms with van der Waals surface area (Å²) in [4.78, 5) is 12.6. The number of benzene rings is 1. The Morgan fingerprint density at radius 1 is 1.52 bits per heavy atom. The maximum Gasteiger partial charge on any atom is 0.337 e. The summed E-state index contributed by atoms with van der Waals surface area (Å²) in [6, 6.07) is 7.03. The molecule has 1 aromatic heterocycles. The van der Waals surface area contributed by atoms with Gasteiger partial charge in [-0.1, -0.05) is 31.0 Å². The molecule has 0 spiro atoms. The standard InChI is InChI=1S/C15H17ClN2O2S/c1-2-4-12(13-5-3-6-21-13)18-14-10(15(19)20)7-9(17)8-11(14)16/h3,5-8,12,18H,2,4,17H2,1H3,(H,19,20). The van der Waals surface area contributed by atoms with Crippen molar-refractivity contribution < 1.29 is 9.90 Å². The summed E-state index contributed by atoms with van der Waals surface area (Å²) in [5.74, 6) is -1.05. The van der Waals surface area contributed by atoms with Crippen molar-refractivity contribution in [3.8, 4) is 0 Å². The number of nitrogen functional groups attached to an aromatic ring is 1. The molecular formula is C15H17ClN2O2S. The van der Waals surface area contributed by atoms with E-state index >= 15 is 0 Å². The van der Waals surface area contributed by atoms with E-state index in [2.05, 4.69) is 12.2 Å². The summed E-state index contributed by atoms with van der Waals surface area (Å²) in [5, 5.41) is 14.9. The number of hydrogen-bond donors (Lipinski definition) is 3. The lowest BCUT2D eigenvalue weighted by Crippen LogP contribution is -2.13. The Morgan fingerprint density at radius 2 is 2.29 bits per heavy atom. The molecule has 6 heteroatoms. The highest BCUT2D eigenvalue weighted by atomic mass is 35.5. The van der Waals surface area contributed by atoms with Gasteiger partial charge in [0.15, 0.2) is 0 Å². The van der Waals surface area contributed by atoms with Crippen LogP contribution in [0.1, 0.15) is 41.0 Å². The largest absolute Gasteiger partial charge is 0.478 e. The van der Waals surface area contributed by atoms with Crippen LogP contribution in [0.2, 0.25) is 5.02 Å². The van der Waals surface area contributed by atoms with Gasteiger partial charge in [0.25, 0.3) is 0 Å². The molecule has 4 N–H and O–H groups in total. The molecule has 0 aliphatic carbocycles. The fourth-order valence-corrected chi connectivity index (χ4v) is 3.28. The molecule has 2 rings (SSSR count). The summed E-state index contributed by atoms with van der Waals surface area (Å²) in [5.41, 5.74) is 6.53. The first kappa shape index (κ1) is 15.7. The molecule has 0 saturated carbocycles. The second kappa shape index (κ2) is 6.83. The highest BCUT2D eigenvalue weighted by molar-refractivity contribution is 7.10. The van der Waals surface area contributed by atoms with Gasteiger partial charge in [0, 0.05) is 10.6 Å². The SMILES string of the molecule is CCCC(Nc1c(Cl)cc(N)cc1C(=O)O)c1cccs1. The maximum atomic E-state index is 11.4. The first-order valence-electron chi connectivity index (χ1n) is 6.65. The maximum absolute atomic E-state index is 11.4. The first-order chi connectivity index (χ1) is 10.0. The first-order valence-corrected chi connectivity index (χ1v) is 7.91. The van der Waals surface area contributed by atoms with E-state index in [1.54, 1.807) is 17.4 Å². The number of halogens is 1. The number of aromatic carboxylic acids is 1. The van der Waals surface area contributed by atoms with Crippen LogP contribution in [0.15, 0.2) is 29.6 Å². The van der Waals surface area contributed by atoms with Gasteiger partial charge in [-0.15, -0.1) is 11.3 Å². The van der Waals surface area contributed by atoms with Crippen molar-refractivity contribution in [2.75, 3.05) is 11.1 Å². The van der Waals surface area contributed by atoms with E-state index in [9.17, 15) is 9.90 Å². The molecular weight excluding hydrogens is 308 g/mol. The Kier molecular flexibility index (Phi) is 5.09. The lowest BCUT2D eigenvalue weighted by molar-refractivity contribution is 0.0698. The molecule has 4 nitrogen and oxygen atoms in total. The third-order valence-electron chi connectivity index (χ3n) is 3.13. The molecule has 112 valence electrons. The summed E-state index contributed by atoms with van der Waals surface area (Å²) in [6.45, 7) is 2.09. The van der Waals surface area contributed by atoms with Crippen LogP contribution in [-0.2, 0) is 0 Å². The number of carboxylic acid groups (broad SMARTS) is 1. The van der Waals surface area contributed by atoms with Crippen molar-refractivity contribution >= 4 is 40.3 Å². The van der Waals surface area contributed by atoms with Gasteiger partial charge >= 0.3 is 5.97 Å². The molecule has 1 heterocycles. The summed E-state index contributed by atoms with van der Waals surface area (Å²) < 4.78 is 0. The van der Waals surface area contributed by atoms with Gasteiger partial charge in [-0.3, -0.25) is 0 Å². The molecule has 0 radical (unpaired) electrons. The Hall–Kier alpha value is -1.72. The monoisotopic (exact) mass is 324 g/mol. The van der Waals surface area contributed by atoms with Crippen LogP contribution < -0.4 is 11.1 Å². The van der Waals surface area contributed by atoms with Gasteiger partial charge in [-0.05, 0) is 30.0 Å². The minimum absolute atomic E-state index is 0.0363. The van der Waals surface area contributed by atoms with E-state index in [1.165, 1.54) is 6.07 Å². The average Bonchev–Trinajstić information content (AvgIpc) is 2.94. The van der Waals surface area contributed by atoms with E-state index < -0.39 is 5.97 Å². The fraction of sp³-hybridized carbons (Fsp3) is 0.267. The number of carbonyl (C=O) groups is 1. The van der Waals surface area contributed by atoms with Crippen LogP contribution in [0, 0.1) is 0 Å². The van der Waals surface area contributed by atoms with Gasteiger partial charge in [-0.2, -0.15) is 0 Å². The van der Waals surface area contributed by atoms with Crippen molar-refractivity contribution in [3.63, 3.8) is 0 Å². The second-order valence-corrected chi connectivity index (χ2v) is 6.12. The molecule has 0 bridgehead atoms. The third kappa shape index (κ3) is 3.68. The highest BCUT2D eigenvalue weighted by Gasteiger charge is 2.19. The average molecular weight is 325 g/mol. The van der Waals surface area contributed by atoms with Crippen molar-refractivity contribution in [2.45, 2.75) is 25.8 Å². The number of carboxylic acids is 1. The van der Waals surface area contributed by atoms with Crippen LogP contribution >= 0.6 is 22.9 Å². The number of nitrogens with one attached hydrogen (secondary N) is 1. The van der Waals surface area contributed by atoms with Crippen molar-refractivity contribution in [1.29, 1.82) is 0 Å². The van der Waals surface area contributed by atoms with Crippen LogP contribution in [0.5, 0.6) is 0 Å². The number of thiophene rings is 1. The summed E-state index contributed by atoms with van der Waals surface area (Å²) >= 11 is 7.82. The second-order valence-electron chi connectivity index (χ2n) is 4.73. The Balaban J connectivity index is 2.39. The molecule has 0 amide bonds. The fourth-order valence-electron chi connectivity index (χ4n) is 2.18. The van der Waals surface area contributed by atoms with Crippen LogP contribution in [-0.4, -0.2) is 11.1 Å². The normalized spacial score (nSPS) is 12.1. The molecule has 21 heavy (non-hydrogen) atoms. The Labute approximate surface area is 132 Å². The molecule has 1 unspecified atom stereocenters. The van der Waals surface area contributed by atoms with E-state index in [0.717, 1.165) is 17.7 Å². The smallest absolute Gasteiger partial charge is 0.337 e. The zero-order valence-corrected chi connectivity index (χ0v) is 13.2. The molecule has 1 atom stereocenters. The van der Waals surface area contributed by atoms with Gasteiger partial charge in [0.1, 0.15) is 0 Å². The van der Waals surface area contributed by atoms with E-state index in [4.69, 9.17) is 17.3 Å². The summed E-state index contributed by atoms with van der Waals surface area (Å²) in [6.07, 6.45) is 1.87. The lowest BCUT2D eigenvalue weighted by Gasteiger charge is -2.21. The number of hydrogen-bond acceptors (Lipinski definition) is 4. The van der Waals surface area contributed by atoms with E-state index in [1.807, 2.05) is 17.5 Å². The van der Waals surface area contributed by atoms with Crippen molar-refractivity contribution in [3.05, 3.63) is 45.1 Å². The zero-order chi connectivity index (χ0) is 15.4. The van der Waals surface area contributed by atoms with Crippen molar-refractivity contribution in [2.24, 2.45) is 0 Å². The Bertz CT molecular complexity index is 629. The molecule has 2 aromatic rings. The predicted octanol–water partition coefficient (Wildman–Crippen LogP) is 4.64. The summed E-state index contributed by atoms with van der Waals surface area (Å²) in [7, 11) is 0. The lowest BCUT2D eigenvalue weighted by atomic mass is 10.1. The number of rotatable bonds is 6. The van der Waals surface area contributed by atoms with Crippen molar-refractivity contribution in [1.82, 2.24) is 0 Å². The molecule has 0 fully saturated rings. The van der Waals surface area contributed by atoms with Crippen LogP contribution in [0.4, 0.5) is 11.4 Å². The van der Waals surface area contributed by atoms with Gasteiger partial charge in [0.2, 0.25) is 0 Å². The van der Waals surface area contributed by atoms with Gasteiger partial charge < -0.3 is 16.2 Å². The Morgan fingerprint density at radius 3 is 2.86 bits per heavy atom. The number of nitrogens with two attached hydrogens (primary N) is 1. The molecule has 0 aliphatic rings. The van der Waals surface area contributed by atoms with Crippen LogP contribution in [0.3, 0.4) is 0 Å². The zero-order valence-electron chi connectivity index (χ0n) is 11.6. The quantitative estimate of drug-likeness (QED) is 0.677. The molecule has 0 aliphatic heterocycles. The van der Waals surface area contributed by atoms with E-state index in [0.29, 0.717) is 16.4 Å². The molecule has 1 aromatic carbocycles.